The Kier molecular flexibility index (Phi) is 7.63. The molecule has 3 nitrogen and oxygen atoms in total. The molecule has 3 rings (SSSR count). The number of rotatable bonds is 9. The van der Waals surface area contributed by atoms with Gasteiger partial charge < -0.3 is 0 Å². The van der Waals surface area contributed by atoms with Gasteiger partial charge in [-0.1, -0.05) is 80.2 Å². The van der Waals surface area contributed by atoms with Crippen LogP contribution in [0, 0.1) is 6.92 Å². The highest BCUT2D eigenvalue weighted by molar-refractivity contribution is 7.92. The number of aryl methyl sites for hydroxylation is 1. The Morgan fingerprint density at radius 3 is 1.90 bits per heavy atom. The highest BCUT2D eigenvalue weighted by Gasteiger charge is 2.14. The molecule has 0 radical (unpaired) electrons. The zero-order valence-corrected chi connectivity index (χ0v) is 19.9. The fourth-order valence-corrected chi connectivity index (χ4v) is 4.73. The first-order valence-corrected chi connectivity index (χ1v) is 12.4. The topological polar surface area (TPSA) is 46.2 Å². The molecule has 3 aromatic carbocycles. The first kappa shape index (κ1) is 23.2. The average Bonchev–Trinajstić information content (AvgIpc) is 2.75. The highest BCUT2D eigenvalue weighted by atomic mass is 32.2. The second-order valence-electron chi connectivity index (χ2n) is 8.06. The number of benzene rings is 3. The van der Waals surface area contributed by atoms with Crippen LogP contribution in [-0.2, 0) is 22.9 Å². The fraction of sp³-hybridized carbons (Fsp3) is 0.269. The van der Waals surface area contributed by atoms with Crippen molar-refractivity contribution in [3.63, 3.8) is 0 Å². The molecular formula is C26H29NO2S2. The van der Waals surface area contributed by atoms with Gasteiger partial charge in [-0.2, -0.15) is 0 Å². The number of hydrogen-bond acceptors (Lipinski definition) is 3. The third-order valence-corrected chi connectivity index (χ3v) is 7.19. The Morgan fingerprint density at radius 2 is 1.39 bits per heavy atom. The zero-order valence-electron chi connectivity index (χ0n) is 18.3. The second-order valence-corrected chi connectivity index (χ2v) is 10.3. The molecule has 0 aliphatic rings. The van der Waals surface area contributed by atoms with Crippen LogP contribution in [0.25, 0.3) is 0 Å². The molecule has 31 heavy (non-hydrogen) atoms. The van der Waals surface area contributed by atoms with Gasteiger partial charge in [-0.3, -0.25) is 4.72 Å². The summed E-state index contributed by atoms with van der Waals surface area (Å²) in [5.74, 6) is 0.566. The van der Waals surface area contributed by atoms with Crippen molar-refractivity contribution in [1.82, 2.24) is 0 Å². The van der Waals surface area contributed by atoms with Crippen LogP contribution >= 0.6 is 12.2 Å². The molecule has 0 aliphatic carbocycles. The Balaban J connectivity index is 1.60. The van der Waals surface area contributed by atoms with Gasteiger partial charge in [-0.25, -0.2) is 8.42 Å². The number of hydrogen-bond donors (Lipinski definition) is 1. The first-order chi connectivity index (χ1) is 14.8. The highest BCUT2D eigenvalue weighted by Crippen LogP contribution is 2.20. The molecule has 1 atom stereocenters. The lowest BCUT2D eigenvalue weighted by Gasteiger charge is -2.11. The predicted octanol–water partition coefficient (Wildman–Crippen LogP) is 6.46. The van der Waals surface area contributed by atoms with Crippen LogP contribution in [0.4, 0.5) is 5.69 Å². The van der Waals surface area contributed by atoms with Crippen LogP contribution in [0.1, 0.15) is 48.4 Å². The lowest BCUT2D eigenvalue weighted by Crippen LogP contribution is -2.13. The van der Waals surface area contributed by atoms with E-state index in [1.807, 2.05) is 31.2 Å². The molecule has 0 saturated carbocycles. The van der Waals surface area contributed by atoms with E-state index in [9.17, 15) is 8.42 Å². The molecule has 5 heteroatoms. The summed E-state index contributed by atoms with van der Waals surface area (Å²) in [6, 6.07) is 22.9. The van der Waals surface area contributed by atoms with Gasteiger partial charge in [0.05, 0.1) is 4.90 Å². The maximum absolute atomic E-state index is 12.6. The van der Waals surface area contributed by atoms with Crippen LogP contribution < -0.4 is 4.72 Å². The Bertz CT molecular complexity index is 1120. The quantitative estimate of drug-likeness (QED) is 0.380. The number of anilines is 1. The molecule has 162 valence electrons. The standard InChI is InChI=1S/C26H29NO2S2/c1-4-20(3)23-11-7-21(8-12-23)17-25(30)18-22-9-15-26(16-10-22)31(28,29)27-24-13-5-19(2)6-14-24/h5-16,20,27H,4,17-18H2,1-3H3. The third kappa shape index (κ3) is 6.49. The summed E-state index contributed by atoms with van der Waals surface area (Å²) in [4.78, 5) is 1.17. The van der Waals surface area contributed by atoms with Crippen LogP contribution in [0.2, 0.25) is 0 Å². The normalized spacial score (nSPS) is 12.4. The van der Waals surface area contributed by atoms with Gasteiger partial charge in [0.2, 0.25) is 0 Å². The van der Waals surface area contributed by atoms with Gasteiger partial charge in [-0.15, -0.1) is 0 Å². The van der Waals surface area contributed by atoms with Crippen molar-refractivity contribution < 1.29 is 8.42 Å². The van der Waals surface area contributed by atoms with E-state index in [0.717, 1.165) is 28.8 Å². The van der Waals surface area contributed by atoms with Crippen molar-refractivity contribution in [3.8, 4) is 0 Å². The molecule has 0 fully saturated rings. The van der Waals surface area contributed by atoms with Crippen molar-refractivity contribution in [1.29, 1.82) is 0 Å². The molecule has 1 unspecified atom stereocenters. The summed E-state index contributed by atoms with van der Waals surface area (Å²) >= 11 is 5.60. The molecule has 0 bridgehead atoms. The molecule has 0 aromatic heterocycles. The molecule has 0 amide bonds. The summed E-state index contributed by atoms with van der Waals surface area (Å²) in [5, 5.41) is 0. The van der Waals surface area contributed by atoms with Gasteiger partial charge in [0, 0.05) is 23.4 Å². The van der Waals surface area contributed by atoms with Crippen molar-refractivity contribution in [3.05, 3.63) is 95.1 Å². The second kappa shape index (κ2) is 10.2. The summed E-state index contributed by atoms with van der Waals surface area (Å²) < 4.78 is 27.9. The monoisotopic (exact) mass is 451 g/mol. The lowest BCUT2D eigenvalue weighted by atomic mass is 9.96. The van der Waals surface area contributed by atoms with Gasteiger partial charge >= 0.3 is 0 Å². The Labute approximate surface area is 191 Å². The van der Waals surface area contributed by atoms with E-state index in [1.165, 1.54) is 11.1 Å². The van der Waals surface area contributed by atoms with E-state index < -0.39 is 10.0 Å². The van der Waals surface area contributed by atoms with Crippen LogP contribution in [0.3, 0.4) is 0 Å². The molecular weight excluding hydrogens is 422 g/mol. The van der Waals surface area contributed by atoms with Crippen LogP contribution in [0.15, 0.2) is 77.7 Å². The van der Waals surface area contributed by atoms with Gasteiger partial charge in [0.1, 0.15) is 0 Å². The van der Waals surface area contributed by atoms with E-state index in [1.54, 1.807) is 24.3 Å². The number of thiocarbonyl (C=S) groups is 1. The maximum Gasteiger partial charge on any atom is 0.261 e. The van der Waals surface area contributed by atoms with Crippen molar-refractivity contribution >= 4 is 32.8 Å². The van der Waals surface area contributed by atoms with E-state index in [2.05, 4.69) is 42.8 Å². The number of nitrogens with one attached hydrogen (secondary N) is 1. The summed E-state index contributed by atoms with van der Waals surface area (Å²) in [6.45, 7) is 6.39. The summed E-state index contributed by atoms with van der Waals surface area (Å²) in [7, 11) is -3.62. The summed E-state index contributed by atoms with van der Waals surface area (Å²) in [5.41, 5.74) is 5.20. The van der Waals surface area contributed by atoms with Gasteiger partial charge in [0.25, 0.3) is 10.0 Å². The van der Waals surface area contributed by atoms with E-state index in [4.69, 9.17) is 12.2 Å². The molecule has 1 N–H and O–H groups in total. The molecule has 0 aliphatic heterocycles. The van der Waals surface area contributed by atoms with Gasteiger partial charge in [-0.05, 0) is 60.2 Å². The minimum atomic E-state index is -3.62. The van der Waals surface area contributed by atoms with Crippen molar-refractivity contribution in [2.45, 2.75) is 50.8 Å². The van der Waals surface area contributed by atoms with Gasteiger partial charge in [0.15, 0.2) is 0 Å². The van der Waals surface area contributed by atoms with Crippen LogP contribution in [-0.4, -0.2) is 13.3 Å². The first-order valence-electron chi connectivity index (χ1n) is 10.6. The minimum Gasteiger partial charge on any atom is -0.280 e. The Morgan fingerprint density at radius 1 is 0.871 bits per heavy atom. The number of sulfonamides is 1. The molecule has 3 aromatic rings. The SMILES string of the molecule is CCC(C)c1ccc(CC(=S)Cc2ccc(S(=O)(=O)Nc3ccc(C)cc3)cc2)cc1. The molecule has 0 spiro atoms. The van der Waals surface area contributed by atoms with Crippen molar-refractivity contribution in [2.75, 3.05) is 4.72 Å². The predicted molar refractivity (Wildman–Crippen MR) is 134 cm³/mol. The van der Waals surface area contributed by atoms with Crippen molar-refractivity contribution in [2.24, 2.45) is 0 Å². The van der Waals surface area contributed by atoms with E-state index >= 15 is 0 Å². The Hall–Kier alpha value is -2.50. The largest absolute Gasteiger partial charge is 0.280 e. The summed E-state index contributed by atoms with van der Waals surface area (Å²) in [6.07, 6.45) is 2.52. The molecule has 0 saturated heterocycles. The average molecular weight is 452 g/mol. The fourth-order valence-electron chi connectivity index (χ4n) is 3.34. The molecule has 0 heterocycles. The lowest BCUT2D eigenvalue weighted by molar-refractivity contribution is 0.601. The maximum atomic E-state index is 12.6. The van der Waals surface area contributed by atoms with E-state index in [-0.39, 0.29) is 4.90 Å². The minimum absolute atomic E-state index is 0.239. The van der Waals surface area contributed by atoms with Crippen LogP contribution in [0.5, 0.6) is 0 Å². The zero-order chi connectivity index (χ0) is 22.4. The van der Waals surface area contributed by atoms with E-state index in [0.29, 0.717) is 18.0 Å². The third-order valence-electron chi connectivity index (χ3n) is 5.50. The smallest absolute Gasteiger partial charge is 0.261 e.